The van der Waals surface area contributed by atoms with Gasteiger partial charge in [-0.05, 0) is 121 Å². The molecule has 0 spiro atoms. The lowest BCUT2D eigenvalue weighted by atomic mass is 9.61. The minimum atomic E-state index is -0.0910. The molecule has 0 radical (unpaired) electrons. The molecule has 0 fully saturated rings. The zero-order valence-electron chi connectivity index (χ0n) is 29.1. The first kappa shape index (κ1) is 30.2. The van der Waals surface area contributed by atoms with Crippen LogP contribution in [-0.4, -0.2) is 4.57 Å². The molecule has 4 aromatic rings. The fourth-order valence-electron chi connectivity index (χ4n) is 8.91. The summed E-state index contributed by atoms with van der Waals surface area (Å²) in [6.07, 6.45) is 5.71. The predicted octanol–water partition coefficient (Wildman–Crippen LogP) is 10.6. The van der Waals surface area contributed by atoms with E-state index in [1.54, 1.807) is 5.56 Å². The number of nitrogens with zero attached hydrogens (tertiary/aromatic N) is 2. The van der Waals surface area contributed by atoms with Crippen molar-refractivity contribution in [3.05, 3.63) is 81.9 Å². The number of rotatable bonds is 5. The topological polar surface area (TPSA) is 8.81 Å². The second kappa shape index (κ2) is 9.82. The van der Waals surface area contributed by atoms with E-state index in [4.69, 9.17) is 0 Å². The van der Waals surface area contributed by atoms with Gasteiger partial charge in [-0.2, -0.15) is 4.57 Å². The second-order valence-electron chi connectivity index (χ2n) is 16.2. The summed E-state index contributed by atoms with van der Waals surface area (Å²) in [5, 5.41) is 0. The van der Waals surface area contributed by atoms with Gasteiger partial charge in [0.1, 0.15) is 11.2 Å². The molecule has 2 heterocycles. The maximum atomic E-state index is 2.82. The van der Waals surface area contributed by atoms with E-state index >= 15 is 0 Å². The van der Waals surface area contributed by atoms with Gasteiger partial charge in [0.2, 0.25) is 0 Å². The summed E-state index contributed by atoms with van der Waals surface area (Å²) in [6, 6.07) is 19.5. The summed E-state index contributed by atoms with van der Waals surface area (Å²) in [5.41, 5.74) is 14.4. The standard InChI is InChI=1S/C41H55N2/c1-13-40(11)31-19-18-29(22-26(3)4)23-30(31)37-42(36-27(5)16-15-17-28(36)6)34-24-32-33(39(9,10)21-20-38(32,7)8)25-35(34)43(37)41(40,12)14-2/h15-19,23-26H,13-14,20-22H2,1-12H3/q+1. The van der Waals surface area contributed by atoms with Gasteiger partial charge in [-0.25, -0.2) is 4.57 Å². The summed E-state index contributed by atoms with van der Waals surface area (Å²) in [4.78, 5) is 0. The van der Waals surface area contributed by atoms with Crippen LogP contribution in [-0.2, 0) is 28.2 Å². The molecule has 6 rings (SSSR count). The first-order valence-corrected chi connectivity index (χ1v) is 17.0. The molecule has 43 heavy (non-hydrogen) atoms. The monoisotopic (exact) mass is 575 g/mol. The predicted molar refractivity (Wildman–Crippen MR) is 184 cm³/mol. The van der Waals surface area contributed by atoms with Crippen LogP contribution in [0.25, 0.3) is 28.1 Å². The molecule has 2 aliphatic rings. The molecule has 0 saturated carbocycles. The molecule has 0 saturated heterocycles. The molecule has 1 aliphatic heterocycles. The number of imidazole rings is 1. The molecular weight excluding hydrogens is 520 g/mol. The Morgan fingerprint density at radius 3 is 1.93 bits per heavy atom. The summed E-state index contributed by atoms with van der Waals surface area (Å²) < 4.78 is 5.50. The molecule has 0 amide bonds. The van der Waals surface area contributed by atoms with E-state index in [-0.39, 0.29) is 21.8 Å². The molecular formula is C41H55N2+. The highest BCUT2D eigenvalue weighted by atomic mass is 15.2. The number of aryl methyl sites for hydroxylation is 2. The van der Waals surface area contributed by atoms with Gasteiger partial charge in [0.15, 0.2) is 11.0 Å². The Morgan fingerprint density at radius 1 is 0.767 bits per heavy atom. The van der Waals surface area contributed by atoms with Crippen LogP contribution in [0, 0.1) is 19.8 Å². The zero-order valence-corrected chi connectivity index (χ0v) is 29.1. The van der Waals surface area contributed by atoms with Gasteiger partial charge >= 0.3 is 0 Å². The first-order chi connectivity index (χ1) is 20.1. The van der Waals surface area contributed by atoms with Crippen molar-refractivity contribution < 1.29 is 4.57 Å². The molecule has 0 N–H and O–H groups in total. The lowest BCUT2D eigenvalue weighted by Gasteiger charge is -2.48. The van der Waals surface area contributed by atoms with E-state index in [0.29, 0.717) is 5.92 Å². The van der Waals surface area contributed by atoms with E-state index in [9.17, 15) is 0 Å². The highest BCUT2D eigenvalue weighted by molar-refractivity contribution is 5.84. The van der Waals surface area contributed by atoms with Gasteiger partial charge in [-0.1, -0.05) is 92.6 Å². The number of para-hydroxylation sites is 1. The van der Waals surface area contributed by atoms with Crippen molar-refractivity contribution in [1.29, 1.82) is 0 Å². The Morgan fingerprint density at radius 2 is 1.37 bits per heavy atom. The fourth-order valence-corrected chi connectivity index (χ4v) is 8.91. The van der Waals surface area contributed by atoms with Crippen molar-refractivity contribution in [2.75, 3.05) is 0 Å². The summed E-state index contributed by atoms with van der Waals surface area (Å²) in [5.74, 6) is 1.98. The Labute approximate surface area is 261 Å². The number of fused-ring (bicyclic) bond motifs is 6. The third kappa shape index (κ3) is 4.14. The third-order valence-corrected chi connectivity index (χ3v) is 12.2. The largest absolute Gasteiger partial charge is 0.295 e. The number of hydrogen-bond acceptors (Lipinski definition) is 0. The van der Waals surface area contributed by atoms with Gasteiger partial charge in [-0.3, -0.25) is 0 Å². The van der Waals surface area contributed by atoms with Crippen LogP contribution < -0.4 is 4.57 Å². The fraction of sp³-hybridized carbons (Fsp3) is 0.537. The van der Waals surface area contributed by atoms with Crippen LogP contribution >= 0.6 is 0 Å². The minimum Gasteiger partial charge on any atom is -0.216 e. The molecule has 2 unspecified atom stereocenters. The third-order valence-electron chi connectivity index (χ3n) is 12.2. The highest BCUT2D eigenvalue weighted by Gasteiger charge is 2.57. The SMILES string of the molecule is CCC1(C)c2ccc(CC(C)C)cc2-c2n(-c3c(C)cccc3C)c3cc4c(cc3[n+]2C1(C)CC)C(C)(C)CCC4(C)C. The van der Waals surface area contributed by atoms with Gasteiger partial charge in [-0.15, -0.1) is 0 Å². The van der Waals surface area contributed by atoms with Crippen LogP contribution in [0.2, 0.25) is 0 Å². The van der Waals surface area contributed by atoms with Gasteiger partial charge in [0.25, 0.3) is 5.82 Å². The highest BCUT2D eigenvalue weighted by Crippen LogP contribution is 2.53. The van der Waals surface area contributed by atoms with Gasteiger partial charge in [0, 0.05) is 5.41 Å². The summed E-state index contributed by atoms with van der Waals surface area (Å²) in [7, 11) is 0. The van der Waals surface area contributed by atoms with Crippen LogP contribution in [0.15, 0.2) is 48.5 Å². The average molecular weight is 576 g/mol. The zero-order chi connectivity index (χ0) is 31.3. The van der Waals surface area contributed by atoms with E-state index in [0.717, 1.165) is 19.3 Å². The summed E-state index contributed by atoms with van der Waals surface area (Å²) >= 11 is 0. The second-order valence-corrected chi connectivity index (χ2v) is 16.2. The average Bonchev–Trinajstić information content (AvgIpc) is 3.28. The smallest absolute Gasteiger partial charge is 0.216 e. The molecule has 0 bridgehead atoms. The van der Waals surface area contributed by atoms with E-state index < -0.39 is 0 Å². The van der Waals surface area contributed by atoms with Crippen LogP contribution in [0.5, 0.6) is 0 Å². The Hall–Kier alpha value is -2.87. The molecule has 2 nitrogen and oxygen atoms in total. The van der Waals surface area contributed by atoms with Crippen molar-refractivity contribution >= 4 is 11.0 Å². The molecule has 3 aromatic carbocycles. The van der Waals surface area contributed by atoms with Crippen LogP contribution in [0.3, 0.4) is 0 Å². The van der Waals surface area contributed by atoms with Crippen molar-refractivity contribution in [2.45, 2.75) is 137 Å². The van der Waals surface area contributed by atoms with Crippen LogP contribution in [0.1, 0.15) is 128 Å². The van der Waals surface area contributed by atoms with Crippen molar-refractivity contribution in [2.24, 2.45) is 5.92 Å². The number of benzene rings is 3. The quantitative estimate of drug-likeness (QED) is 0.209. The maximum Gasteiger partial charge on any atom is 0.295 e. The lowest BCUT2D eigenvalue weighted by Crippen LogP contribution is -2.67. The molecule has 228 valence electrons. The molecule has 2 heteroatoms. The molecule has 1 aromatic heterocycles. The molecule has 1 aliphatic carbocycles. The Kier molecular flexibility index (Phi) is 6.89. The Bertz CT molecular complexity index is 1730. The van der Waals surface area contributed by atoms with E-state index in [1.807, 2.05) is 0 Å². The van der Waals surface area contributed by atoms with Crippen molar-refractivity contribution in [3.63, 3.8) is 0 Å². The number of hydrogen-bond donors (Lipinski definition) is 0. The van der Waals surface area contributed by atoms with Gasteiger partial charge < -0.3 is 0 Å². The number of aromatic nitrogens is 2. The van der Waals surface area contributed by atoms with Crippen molar-refractivity contribution in [3.8, 4) is 17.1 Å². The van der Waals surface area contributed by atoms with Crippen LogP contribution in [0.4, 0.5) is 0 Å². The molecule has 2 atom stereocenters. The first-order valence-electron chi connectivity index (χ1n) is 17.0. The van der Waals surface area contributed by atoms with Gasteiger partial charge in [0.05, 0.1) is 5.56 Å². The normalized spacial score (nSPS) is 23.7. The van der Waals surface area contributed by atoms with Crippen molar-refractivity contribution in [1.82, 2.24) is 4.57 Å². The van der Waals surface area contributed by atoms with E-state index in [1.165, 1.54) is 68.8 Å². The maximum absolute atomic E-state index is 2.82. The van der Waals surface area contributed by atoms with E-state index in [2.05, 4.69) is 141 Å². The summed E-state index contributed by atoms with van der Waals surface area (Å²) in [6.45, 7) is 29.0. The Balaban J connectivity index is 1.89. The lowest BCUT2D eigenvalue weighted by molar-refractivity contribution is -0.743. The minimum absolute atomic E-state index is 0.00427.